The lowest BCUT2D eigenvalue weighted by atomic mass is 10.4. The third-order valence-corrected chi connectivity index (χ3v) is 2.74. The summed E-state index contributed by atoms with van der Waals surface area (Å²) in [6.45, 7) is 0. The Kier molecular flexibility index (Phi) is 2.65. The van der Waals surface area contributed by atoms with Crippen LogP contribution in [0.3, 0.4) is 0 Å². The summed E-state index contributed by atoms with van der Waals surface area (Å²) >= 11 is 6.67. The third-order valence-electron chi connectivity index (χ3n) is 1.59. The molecular weight excluding hydrogens is 242 g/mol. The Balaban J connectivity index is 2.32. The molecule has 0 radical (unpaired) electrons. The number of halogens is 1. The van der Waals surface area contributed by atoms with Gasteiger partial charge in [0.2, 0.25) is 0 Å². The van der Waals surface area contributed by atoms with E-state index >= 15 is 0 Å². The molecule has 2 aromatic rings. The quantitative estimate of drug-likeness (QED) is 0.471. The fraction of sp³-hybridized carbons (Fsp3) is 0.143. The van der Waals surface area contributed by atoms with Crippen LogP contribution in [0.15, 0.2) is 16.0 Å². The van der Waals surface area contributed by atoms with Crippen molar-refractivity contribution in [2.75, 3.05) is 0 Å². The molecule has 2 heterocycles. The average Bonchev–Trinajstić information content (AvgIpc) is 2.86. The zero-order valence-electron chi connectivity index (χ0n) is 7.21. The molecule has 0 N–H and O–H groups in total. The highest BCUT2D eigenvalue weighted by atomic mass is 35.5. The molecule has 0 aromatic carbocycles. The van der Waals surface area contributed by atoms with E-state index in [1.165, 1.54) is 22.8 Å². The zero-order chi connectivity index (χ0) is 10.8. The summed E-state index contributed by atoms with van der Waals surface area (Å²) in [5.74, 6) is 0.767. The van der Waals surface area contributed by atoms with Crippen molar-refractivity contribution in [2.45, 2.75) is 5.88 Å². The van der Waals surface area contributed by atoms with Crippen LogP contribution in [0.5, 0.6) is 0 Å². The van der Waals surface area contributed by atoms with Gasteiger partial charge in [-0.3, -0.25) is 10.1 Å². The predicted molar refractivity (Wildman–Crippen MR) is 53.8 cm³/mol. The Morgan fingerprint density at radius 2 is 2.47 bits per heavy atom. The molecule has 0 atom stereocenters. The van der Waals surface area contributed by atoms with E-state index in [9.17, 15) is 10.1 Å². The highest BCUT2D eigenvalue weighted by Gasteiger charge is 2.15. The standard InChI is InChI=1S/C7H4ClN3O3S/c8-2-6-9-7(14-10-6)5-1-4(3-15-5)11(12)13/h1,3H,2H2. The monoisotopic (exact) mass is 245 g/mol. The number of rotatable bonds is 3. The summed E-state index contributed by atoms with van der Waals surface area (Å²) in [5.41, 5.74) is 0.0145. The van der Waals surface area contributed by atoms with Crippen LogP contribution in [0.25, 0.3) is 10.8 Å². The van der Waals surface area contributed by atoms with E-state index < -0.39 is 4.92 Å². The maximum Gasteiger partial charge on any atom is 0.280 e. The number of aromatic nitrogens is 2. The van der Waals surface area contributed by atoms with Crippen molar-refractivity contribution in [1.29, 1.82) is 0 Å². The van der Waals surface area contributed by atoms with Gasteiger partial charge in [-0.25, -0.2) is 0 Å². The fourth-order valence-electron chi connectivity index (χ4n) is 0.942. The van der Waals surface area contributed by atoms with Crippen LogP contribution in [-0.2, 0) is 5.88 Å². The molecule has 6 nitrogen and oxygen atoms in total. The molecular formula is C7H4ClN3O3S. The summed E-state index contributed by atoms with van der Waals surface area (Å²) in [6.07, 6.45) is 0. The lowest BCUT2D eigenvalue weighted by molar-refractivity contribution is -0.384. The second-order valence-electron chi connectivity index (χ2n) is 2.58. The number of alkyl halides is 1. The van der Waals surface area contributed by atoms with Gasteiger partial charge >= 0.3 is 0 Å². The lowest BCUT2D eigenvalue weighted by Crippen LogP contribution is -1.82. The molecule has 0 amide bonds. The number of nitrogens with zero attached hydrogens (tertiary/aromatic N) is 3. The summed E-state index contributed by atoms with van der Waals surface area (Å²) in [7, 11) is 0. The zero-order valence-corrected chi connectivity index (χ0v) is 8.79. The first-order valence-electron chi connectivity index (χ1n) is 3.82. The predicted octanol–water partition coefficient (Wildman–Crippen LogP) is 2.45. The minimum absolute atomic E-state index is 0.0145. The molecule has 0 aliphatic rings. The molecule has 0 bridgehead atoms. The van der Waals surface area contributed by atoms with Gasteiger partial charge in [0.05, 0.1) is 21.1 Å². The summed E-state index contributed by atoms with van der Waals surface area (Å²) in [4.78, 5) is 14.5. The van der Waals surface area contributed by atoms with Crippen molar-refractivity contribution >= 4 is 28.6 Å². The van der Waals surface area contributed by atoms with Gasteiger partial charge in [-0.05, 0) is 0 Å². The fourth-order valence-corrected chi connectivity index (χ4v) is 1.83. The van der Waals surface area contributed by atoms with Gasteiger partial charge in [-0.1, -0.05) is 5.16 Å². The summed E-state index contributed by atoms with van der Waals surface area (Å²) in [6, 6.07) is 1.39. The van der Waals surface area contributed by atoms with Crippen molar-refractivity contribution in [3.63, 3.8) is 0 Å². The largest absolute Gasteiger partial charge is 0.333 e. The van der Waals surface area contributed by atoms with E-state index in [1.807, 2.05) is 0 Å². The number of thiophene rings is 1. The first-order valence-corrected chi connectivity index (χ1v) is 5.24. The number of nitro groups is 1. The normalized spacial score (nSPS) is 10.5. The van der Waals surface area contributed by atoms with Crippen LogP contribution in [0.4, 0.5) is 5.69 Å². The SMILES string of the molecule is O=[N+]([O-])c1csc(-c2nc(CCl)no2)c1. The summed E-state index contributed by atoms with van der Waals surface area (Å²) < 4.78 is 4.88. The molecule has 0 aliphatic carbocycles. The molecule has 2 rings (SSSR count). The van der Waals surface area contributed by atoms with Crippen LogP contribution in [0.1, 0.15) is 5.82 Å². The van der Waals surface area contributed by atoms with Crippen molar-refractivity contribution in [2.24, 2.45) is 0 Å². The van der Waals surface area contributed by atoms with E-state index in [0.29, 0.717) is 10.7 Å². The van der Waals surface area contributed by atoms with E-state index in [0.717, 1.165) is 0 Å². The van der Waals surface area contributed by atoms with Gasteiger partial charge in [0.15, 0.2) is 5.82 Å². The molecule has 0 spiro atoms. The van der Waals surface area contributed by atoms with Crippen molar-refractivity contribution in [3.8, 4) is 10.8 Å². The molecule has 0 unspecified atom stereocenters. The Hall–Kier alpha value is -1.47. The van der Waals surface area contributed by atoms with Crippen LogP contribution in [-0.4, -0.2) is 15.1 Å². The van der Waals surface area contributed by atoms with Crippen LogP contribution < -0.4 is 0 Å². The smallest absolute Gasteiger partial charge is 0.280 e. The highest BCUT2D eigenvalue weighted by Crippen LogP contribution is 2.29. The molecule has 0 saturated heterocycles. The Bertz CT molecular complexity index is 495. The summed E-state index contributed by atoms with van der Waals surface area (Å²) in [5, 5.41) is 15.4. The molecule has 78 valence electrons. The van der Waals surface area contributed by atoms with E-state index in [4.69, 9.17) is 16.1 Å². The Labute approximate surface area is 92.6 Å². The minimum Gasteiger partial charge on any atom is -0.333 e. The van der Waals surface area contributed by atoms with Gasteiger partial charge in [-0.15, -0.1) is 22.9 Å². The molecule has 0 fully saturated rings. The second-order valence-corrected chi connectivity index (χ2v) is 3.75. The van der Waals surface area contributed by atoms with E-state index in [1.54, 1.807) is 0 Å². The molecule has 0 aliphatic heterocycles. The van der Waals surface area contributed by atoms with Crippen LogP contribution in [0, 0.1) is 10.1 Å². The van der Waals surface area contributed by atoms with Crippen molar-refractivity contribution in [3.05, 3.63) is 27.4 Å². The van der Waals surface area contributed by atoms with E-state index in [2.05, 4.69) is 10.1 Å². The van der Waals surface area contributed by atoms with Gasteiger partial charge < -0.3 is 4.52 Å². The second kappa shape index (κ2) is 3.95. The minimum atomic E-state index is -0.473. The maximum atomic E-state index is 10.4. The molecule has 0 saturated carbocycles. The van der Waals surface area contributed by atoms with E-state index in [-0.39, 0.29) is 17.5 Å². The highest BCUT2D eigenvalue weighted by molar-refractivity contribution is 7.13. The third kappa shape index (κ3) is 1.97. The Morgan fingerprint density at radius 1 is 1.67 bits per heavy atom. The lowest BCUT2D eigenvalue weighted by Gasteiger charge is -1.82. The van der Waals surface area contributed by atoms with Crippen LogP contribution >= 0.6 is 22.9 Å². The number of hydrogen-bond acceptors (Lipinski definition) is 6. The molecule has 8 heteroatoms. The van der Waals surface area contributed by atoms with Gasteiger partial charge in [0, 0.05) is 6.07 Å². The number of hydrogen-bond donors (Lipinski definition) is 0. The van der Waals surface area contributed by atoms with Crippen molar-refractivity contribution in [1.82, 2.24) is 10.1 Å². The first-order chi connectivity index (χ1) is 7.20. The first kappa shape index (κ1) is 10.1. The maximum absolute atomic E-state index is 10.4. The topological polar surface area (TPSA) is 82.1 Å². The van der Waals surface area contributed by atoms with Gasteiger partial charge in [0.1, 0.15) is 0 Å². The van der Waals surface area contributed by atoms with Crippen molar-refractivity contribution < 1.29 is 9.45 Å². The molecule has 2 aromatic heterocycles. The van der Waals surface area contributed by atoms with Gasteiger partial charge in [0.25, 0.3) is 11.6 Å². The van der Waals surface area contributed by atoms with Crippen LogP contribution in [0.2, 0.25) is 0 Å². The molecule has 15 heavy (non-hydrogen) atoms. The van der Waals surface area contributed by atoms with Gasteiger partial charge in [-0.2, -0.15) is 4.98 Å². The average molecular weight is 246 g/mol. The Morgan fingerprint density at radius 3 is 3.00 bits per heavy atom.